The number of halogens is 1. The Morgan fingerprint density at radius 1 is 1.38 bits per heavy atom. The molecule has 3 heterocycles. The van der Waals surface area contributed by atoms with E-state index in [1.807, 2.05) is 13.0 Å². The van der Waals surface area contributed by atoms with Crippen LogP contribution in [0.25, 0.3) is 11.1 Å². The van der Waals surface area contributed by atoms with Gasteiger partial charge in [-0.05, 0) is 51.3 Å². The van der Waals surface area contributed by atoms with E-state index in [9.17, 15) is 4.79 Å². The summed E-state index contributed by atoms with van der Waals surface area (Å²) in [5.41, 5.74) is 2.81. The summed E-state index contributed by atoms with van der Waals surface area (Å²) in [6, 6.07) is 2.14. The molecule has 6 nitrogen and oxygen atoms in total. The van der Waals surface area contributed by atoms with Crippen LogP contribution < -0.4 is 10.6 Å². The molecule has 2 N–H and O–H groups in total. The van der Waals surface area contributed by atoms with Gasteiger partial charge in [0.2, 0.25) is 0 Å². The van der Waals surface area contributed by atoms with Gasteiger partial charge in [-0.1, -0.05) is 12.1 Å². The third-order valence-electron chi connectivity index (χ3n) is 4.98. The summed E-state index contributed by atoms with van der Waals surface area (Å²) in [4.78, 5) is 17.4. The molecule has 2 fully saturated rings. The van der Waals surface area contributed by atoms with Crippen molar-refractivity contribution in [3.63, 3.8) is 0 Å². The van der Waals surface area contributed by atoms with E-state index in [-0.39, 0.29) is 24.4 Å². The fraction of sp³-hybridized carbons (Fsp3) is 0.588. The van der Waals surface area contributed by atoms with E-state index in [4.69, 9.17) is 4.52 Å². The van der Waals surface area contributed by atoms with Gasteiger partial charge in [0.1, 0.15) is 0 Å². The first-order chi connectivity index (χ1) is 11.1. The highest BCUT2D eigenvalue weighted by atomic mass is 35.5. The first-order valence-electron chi connectivity index (χ1n) is 8.42. The van der Waals surface area contributed by atoms with Crippen molar-refractivity contribution in [3.05, 3.63) is 23.0 Å². The van der Waals surface area contributed by atoms with Gasteiger partial charge in [-0.15, -0.1) is 12.4 Å². The maximum atomic E-state index is 12.9. The summed E-state index contributed by atoms with van der Waals surface area (Å²) in [6.07, 6.45) is 3.23. The number of fused-ring (bicyclic) bond motifs is 1. The SMILES string of the molecule is Cc1noc2nc(C3CC3)cc(C(=O)NC3CCNCC3C)c12.Cl. The van der Waals surface area contributed by atoms with Crippen LogP contribution in [0.2, 0.25) is 0 Å². The second-order valence-electron chi connectivity index (χ2n) is 6.87. The van der Waals surface area contributed by atoms with Crippen LogP contribution in [0.15, 0.2) is 10.6 Å². The van der Waals surface area contributed by atoms with Crippen LogP contribution in [-0.4, -0.2) is 35.2 Å². The molecule has 2 aromatic heterocycles. The van der Waals surface area contributed by atoms with Gasteiger partial charge >= 0.3 is 0 Å². The number of piperidine rings is 1. The second kappa shape index (κ2) is 6.69. The fourth-order valence-corrected chi connectivity index (χ4v) is 3.36. The number of nitrogens with zero attached hydrogens (tertiary/aromatic N) is 2. The summed E-state index contributed by atoms with van der Waals surface area (Å²) in [5, 5.41) is 11.3. The predicted molar refractivity (Wildman–Crippen MR) is 93.7 cm³/mol. The Labute approximate surface area is 147 Å². The number of pyridine rings is 1. The minimum atomic E-state index is -0.0376. The summed E-state index contributed by atoms with van der Waals surface area (Å²) < 4.78 is 5.32. The lowest BCUT2D eigenvalue weighted by molar-refractivity contribution is 0.0915. The summed E-state index contributed by atoms with van der Waals surface area (Å²) in [7, 11) is 0. The van der Waals surface area contributed by atoms with Gasteiger partial charge in [0.25, 0.3) is 11.6 Å². The van der Waals surface area contributed by atoms with Gasteiger partial charge in [0.05, 0.1) is 16.6 Å². The van der Waals surface area contributed by atoms with Gasteiger partial charge in [0, 0.05) is 17.7 Å². The zero-order chi connectivity index (χ0) is 16.0. The first kappa shape index (κ1) is 17.2. The molecule has 2 atom stereocenters. The highest BCUT2D eigenvalue weighted by Crippen LogP contribution is 2.40. The average molecular weight is 351 g/mol. The number of hydrogen-bond donors (Lipinski definition) is 2. The standard InChI is InChI=1S/C17H22N4O2.ClH/c1-9-8-18-6-5-13(9)19-16(22)12-7-14(11-3-4-11)20-17-15(12)10(2)21-23-17;/h7,9,11,13,18H,3-6,8H2,1-2H3,(H,19,22);1H. The molecule has 0 radical (unpaired) electrons. The van der Waals surface area contributed by atoms with Gasteiger partial charge < -0.3 is 15.2 Å². The van der Waals surface area contributed by atoms with E-state index in [1.54, 1.807) is 0 Å². The molecule has 7 heteroatoms. The molecule has 2 aliphatic rings. The highest BCUT2D eigenvalue weighted by molar-refractivity contribution is 6.06. The summed E-state index contributed by atoms with van der Waals surface area (Å²) in [5.74, 6) is 0.856. The molecule has 4 rings (SSSR count). The van der Waals surface area contributed by atoms with Crippen molar-refractivity contribution in [2.45, 2.75) is 45.1 Å². The largest absolute Gasteiger partial charge is 0.349 e. The molecule has 0 bridgehead atoms. The Bertz CT molecular complexity index is 756. The molecule has 1 saturated carbocycles. The molecule has 1 amide bonds. The van der Waals surface area contributed by atoms with Crippen molar-refractivity contribution in [1.82, 2.24) is 20.8 Å². The molecule has 0 aromatic carbocycles. The topological polar surface area (TPSA) is 80.0 Å². The number of carbonyl (C=O) groups excluding carboxylic acids is 1. The number of carbonyl (C=O) groups is 1. The molecule has 0 spiro atoms. The Kier molecular flexibility index (Phi) is 4.78. The number of aryl methyl sites for hydroxylation is 1. The minimum Gasteiger partial charge on any atom is -0.349 e. The van der Waals surface area contributed by atoms with Crippen LogP contribution in [0.4, 0.5) is 0 Å². The summed E-state index contributed by atoms with van der Waals surface area (Å²) >= 11 is 0. The van der Waals surface area contributed by atoms with Crippen molar-refractivity contribution in [2.75, 3.05) is 13.1 Å². The molecule has 1 saturated heterocycles. The van der Waals surface area contributed by atoms with Crippen LogP contribution in [0.5, 0.6) is 0 Å². The zero-order valence-electron chi connectivity index (χ0n) is 14.0. The van der Waals surface area contributed by atoms with Crippen molar-refractivity contribution < 1.29 is 9.32 Å². The second-order valence-corrected chi connectivity index (χ2v) is 6.87. The van der Waals surface area contributed by atoms with Gasteiger partial charge in [-0.25, -0.2) is 4.98 Å². The summed E-state index contributed by atoms with van der Waals surface area (Å²) in [6.45, 7) is 5.91. The fourth-order valence-electron chi connectivity index (χ4n) is 3.36. The Hall–Kier alpha value is -1.66. The predicted octanol–water partition coefficient (Wildman–Crippen LogP) is 2.56. The number of hydrogen-bond acceptors (Lipinski definition) is 5. The number of nitrogens with one attached hydrogen (secondary N) is 2. The third kappa shape index (κ3) is 3.13. The Balaban J connectivity index is 0.00000169. The molecular formula is C17H23ClN4O2. The lowest BCUT2D eigenvalue weighted by atomic mass is 9.94. The van der Waals surface area contributed by atoms with E-state index in [1.165, 1.54) is 0 Å². The Morgan fingerprint density at radius 2 is 2.17 bits per heavy atom. The van der Waals surface area contributed by atoms with Crippen LogP contribution in [0.1, 0.15) is 53.8 Å². The van der Waals surface area contributed by atoms with Crippen LogP contribution in [0, 0.1) is 12.8 Å². The monoisotopic (exact) mass is 350 g/mol. The van der Waals surface area contributed by atoms with Crippen LogP contribution in [0.3, 0.4) is 0 Å². The molecular weight excluding hydrogens is 328 g/mol. The highest BCUT2D eigenvalue weighted by Gasteiger charge is 2.30. The lowest BCUT2D eigenvalue weighted by Gasteiger charge is -2.30. The van der Waals surface area contributed by atoms with Crippen molar-refractivity contribution in [2.24, 2.45) is 5.92 Å². The quantitative estimate of drug-likeness (QED) is 0.889. The molecule has 1 aliphatic heterocycles. The first-order valence-corrected chi connectivity index (χ1v) is 8.42. The third-order valence-corrected chi connectivity index (χ3v) is 4.98. The molecule has 2 unspecified atom stereocenters. The van der Waals surface area contributed by atoms with Crippen molar-refractivity contribution in [3.8, 4) is 0 Å². The number of rotatable bonds is 3. The van der Waals surface area contributed by atoms with E-state index < -0.39 is 0 Å². The van der Waals surface area contributed by atoms with Gasteiger partial charge in [0.15, 0.2) is 0 Å². The average Bonchev–Trinajstić information content (AvgIpc) is 3.33. The van der Waals surface area contributed by atoms with Crippen molar-refractivity contribution in [1.29, 1.82) is 0 Å². The zero-order valence-corrected chi connectivity index (χ0v) is 14.8. The maximum Gasteiger partial charge on any atom is 0.259 e. The van der Waals surface area contributed by atoms with Gasteiger partial charge in [-0.2, -0.15) is 0 Å². The van der Waals surface area contributed by atoms with E-state index in [0.29, 0.717) is 23.1 Å². The molecule has 24 heavy (non-hydrogen) atoms. The van der Waals surface area contributed by atoms with Crippen molar-refractivity contribution >= 4 is 29.4 Å². The Morgan fingerprint density at radius 3 is 2.88 bits per heavy atom. The molecule has 130 valence electrons. The van der Waals surface area contributed by atoms with E-state index >= 15 is 0 Å². The van der Waals surface area contributed by atoms with Crippen LogP contribution >= 0.6 is 12.4 Å². The number of amides is 1. The normalized spacial score (nSPS) is 23.8. The van der Waals surface area contributed by atoms with Crippen LogP contribution in [-0.2, 0) is 0 Å². The van der Waals surface area contributed by atoms with E-state index in [0.717, 1.165) is 49.1 Å². The maximum absolute atomic E-state index is 12.9. The minimum absolute atomic E-state index is 0. The lowest BCUT2D eigenvalue weighted by Crippen LogP contribution is -2.48. The molecule has 2 aromatic rings. The van der Waals surface area contributed by atoms with E-state index in [2.05, 4.69) is 27.7 Å². The smallest absolute Gasteiger partial charge is 0.259 e. The molecule has 1 aliphatic carbocycles. The number of aromatic nitrogens is 2. The van der Waals surface area contributed by atoms with Gasteiger partial charge in [-0.3, -0.25) is 4.79 Å².